The summed E-state index contributed by atoms with van der Waals surface area (Å²) in [6, 6.07) is 1.66. The Kier molecular flexibility index (Phi) is 5.06. The maximum absolute atomic E-state index is 13.2. The van der Waals surface area contributed by atoms with E-state index in [2.05, 4.69) is 10.3 Å². The van der Waals surface area contributed by atoms with Gasteiger partial charge in [0.25, 0.3) is 5.91 Å². The molecule has 0 saturated carbocycles. The van der Waals surface area contributed by atoms with E-state index in [1.165, 1.54) is 25.1 Å². The standard InChI is InChI=1S/C15H22FN3O/c1-11(2)19(10-14-5-3-4-6-18-14)15(20)12-7-13(16)9-17-8-12/h7-9,11,14,18H,3-6,10H2,1-2H3. The topological polar surface area (TPSA) is 45.2 Å². The van der Waals surface area contributed by atoms with Crippen LogP contribution in [0.15, 0.2) is 18.5 Å². The minimum atomic E-state index is -0.477. The summed E-state index contributed by atoms with van der Waals surface area (Å²) in [6.45, 7) is 5.63. The fourth-order valence-corrected chi connectivity index (χ4v) is 2.54. The molecule has 110 valence electrons. The van der Waals surface area contributed by atoms with Crippen molar-refractivity contribution < 1.29 is 9.18 Å². The predicted octanol–water partition coefficient (Wildman–Crippen LogP) is 2.21. The van der Waals surface area contributed by atoms with Crippen molar-refractivity contribution in [2.24, 2.45) is 0 Å². The number of pyridine rings is 1. The van der Waals surface area contributed by atoms with Gasteiger partial charge in [-0.15, -0.1) is 0 Å². The van der Waals surface area contributed by atoms with Gasteiger partial charge in [0.1, 0.15) is 5.82 Å². The van der Waals surface area contributed by atoms with Crippen LogP contribution >= 0.6 is 0 Å². The van der Waals surface area contributed by atoms with Gasteiger partial charge in [0.15, 0.2) is 0 Å². The Hall–Kier alpha value is -1.49. The van der Waals surface area contributed by atoms with Crippen LogP contribution < -0.4 is 5.32 Å². The van der Waals surface area contributed by atoms with E-state index in [1.807, 2.05) is 13.8 Å². The second-order valence-corrected chi connectivity index (χ2v) is 5.59. The number of piperidine rings is 1. The van der Waals surface area contributed by atoms with Crippen LogP contribution in [0.3, 0.4) is 0 Å². The summed E-state index contributed by atoms with van der Waals surface area (Å²) in [7, 11) is 0. The summed E-state index contributed by atoms with van der Waals surface area (Å²) in [5, 5.41) is 3.44. The second kappa shape index (κ2) is 6.79. The van der Waals surface area contributed by atoms with Crippen LogP contribution in [0.25, 0.3) is 0 Å². The van der Waals surface area contributed by atoms with Gasteiger partial charge in [-0.2, -0.15) is 0 Å². The average Bonchev–Trinajstić information content (AvgIpc) is 2.45. The Morgan fingerprint density at radius 3 is 2.90 bits per heavy atom. The van der Waals surface area contributed by atoms with E-state index in [1.54, 1.807) is 4.90 Å². The number of nitrogens with zero attached hydrogens (tertiary/aromatic N) is 2. The van der Waals surface area contributed by atoms with Gasteiger partial charge < -0.3 is 10.2 Å². The molecule has 1 aliphatic rings. The molecule has 1 saturated heterocycles. The van der Waals surface area contributed by atoms with Gasteiger partial charge in [0.2, 0.25) is 0 Å². The lowest BCUT2D eigenvalue weighted by Gasteiger charge is -2.33. The number of hydrogen-bond donors (Lipinski definition) is 1. The van der Waals surface area contributed by atoms with Crippen molar-refractivity contribution in [2.45, 2.75) is 45.2 Å². The molecule has 0 aliphatic carbocycles. The molecule has 4 nitrogen and oxygen atoms in total. The number of rotatable bonds is 4. The Balaban J connectivity index is 2.09. The van der Waals surface area contributed by atoms with Gasteiger partial charge in [-0.3, -0.25) is 9.78 Å². The van der Waals surface area contributed by atoms with E-state index in [9.17, 15) is 9.18 Å². The molecule has 1 atom stereocenters. The van der Waals surface area contributed by atoms with Crippen molar-refractivity contribution in [2.75, 3.05) is 13.1 Å². The van der Waals surface area contributed by atoms with Gasteiger partial charge in [-0.1, -0.05) is 6.42 Å². The van der Waals surface area contributed by atoms with Gasteiger partial charge in [-0.05, 0) is 39.3 Å². The number of halogens is 1. The molecule has 1 aliphatic heterocycles. The highest BCUT2D eigenvalue weighted by molar-refractivity contribution is 5.94. The second-order valence-electron chi connectivity index (χ2n) is 5.59. The van der Waals surface area contributed by atoms with Crippen molar-refractivity contribution in [1.29, 1.82) is 0 Å². The van der Waals surface area contributed by atoms with Crippen LogP contribution in [-0.2, 0) is 0 Å². The summed E-state index contributed by atoms with van der Waals surface area (Å²) in [6.07, 6.45) is 6.01. The first-order chi connectivity index (χ1) is 9.58. The summed E-state index contributed by atoms with van der Waals surface area (Å²) in [5.74, 6) is -0.630. The normalized spacial score (nSPS) is 19.1. The fraction of sp³-hybridized carbons (Fsp3) is 0.600. The molecule has 0 bridgehead atoms. The number of nitrogens with one attached hydrogen (secondary N) is 1. The van der Waals surface area contributed by atoms with Crippen LogP contribution in [0.2, 0.25) is 0 Å². The minimum Gasteiger partial charge on any atom is -0.335 e. The minimum absolute atomic E-state index is 0.0782. The number of aromatic nitrogens is 1. The Morgan fingerprint density at radius 2 is 2.30 bits per heavy atom. The molecule has 2 heterocycles. The molecular weight excluding hydrogens is 257 g/mol. The lowest BCUT2D eigenvalue weighted by atomic mass is 10.0. The largest absolute Gasteiger partial charge is 0.335 e. The maximum Gasteiger partial charge on any atom is 0.255 e. The molecule has 0 aromatic carbocycles. The average molecular weight is 279 g/mol. The van der Waals surface area contributed by atoms with Crippen molar-refractivity contribution in [3.63, 3.8) is 0 Å². The number of hydrogen-bond acceptors (Lipinski definition) is 3. The van der Waals surface area contributed by atoms with E-state index in [0.29, 0.717) is 18.2 Å². The smallest absolute Gasteiger partial charge is 0.255 e. The quantitative estimate of drug-likeness (QED) is 0.919. The molecule has 1 aromatic rings. The van der Waals surface area contributed by atoms with Crippen LogP contribution in [-0.4, -0.2) is 41.0 Å². The molecule has 1 unspecified atom stereocenters. The number of carbonyl (C=O) groups excluding carboxylic acids is 1. The third-order valence-electron chi connectivity index (χ3n) is 3.67. The zero-order valence-corrected chi connectivity index (χ0v) is 12.1. The summed E-state index contributed by atoms with van der Waals surface area (Å²) in [5.41, 5.74) is 0.314. The molecule has 20 heavy (non-hydrogen) atoms. The van der Waals surface area contributed by atoms with Gasteiger partial charge in [-0.25, -0.2) is 4.39 Å². The van der Waals surface area contributed by atoms with Crippen LogP contribution in [0.5, 0.6) is 0 Å². The van der Waals surface area contributed by atoms with Crippen LogP contribution in [0, 0.1) is 5.82 Å². The Labute approximate surface area is 119 Å². The first-order valence-electron chi connectivity index (χ1n) is 7.23. The monoisotopic (exact) mass is 279 g/mol. The molecule has 0 spiro atoms. The predicted molar refractivity (Wildman–Crippen MR) is 76.0 cm³/mol. The fourth-order valence-electron chi connectivity index (χ4n) is 2.54. The maximum atomic E-state index is 13.2. The SMILES string of the molecule is CC(C)N(CC1CCCCN1)C(=O)c1cncc(F)c1. The zero-order chi connectivity index (χ0) is 14.5. The summed E-state index contributed by atoms with van der Waals surface area (Å²) in [4.78, 5) is 18.1. The van der Waals surface area contributed by atoms with E-state index in [4.69, 9.17) is 0 Å². The van der Waals surface area contributed by atoms with Crippen LogP contribution in [0.4, 0.5) is 4.39 Å². The first kappa shape index (κ1) is 14.9. The van der Waals surface area contributed by atoms with E-state index in [0.717, 1.165) is 19.2 Å². The van der Waals surface area contributed by atoms with Crippen molar-refractivity contribution in [3.8, 4) is 0 Å². The zero-order valence-electron chi connectivity index (χ0n) is 12.1. The van der Waals surface area contributed by atoms with Crippen molar-refractivity contribution in [3.05, 3.63) is 29.8 Å². The summed E-state index contributed by atoms with van der Waals surface area (Å²) < 4.78 is 13.2. The van der Waals surface area contributed by atoms with Gasteiger partial charge in [0, 0.05) is 24.8 Å². The van der Waals surface area contributed by atoms with Gasteiger partial charge in [0.05, 0.1) is 11.8 Å². The van der Waals surface area contributed by atoms with Crippen LogP contribution in [0.1, 0.15) is 43.5 Å². The molecule has 1 fully saturated rings. The highest BCUT2D eigenvalue weighted by atomic mass is 19.1. The van der Waals surface area contributed by atoms with Crippen molar-refractivity contribution in [1.82, 2.24) is 15.2 Å². The summed E-state index contributed by atoms with van der Waals surface area (Å²) >= 11 is 0. The lowest BCUT2D eigenvalue weighted by molar-refractivity contribution is 0.0676. The van der Waals surface area contributed by atoms with E-state index in [-0.39, 0.29) is 11.9 Å². The molecule has 1 N–H and O–H groups in total. The van der Waals surface area contributed by atoms with E-state index >= 15 is 0 Å². The van der Waals surface area contributed by atoms with E-state index < -0.39 is 5.82 Å². The molecule has 1 aromatic heterocycles. The number of amides is 1. The third kappa shape index (κ3) is 3.76. The Morgan fingerprint density at radius 1 is 1.50 bits per heavy atom. The number of carbonyl (C=O) groups is 1. The lowest BCUT2D eigenvalue weighted by Crippen LogP contribution is -2.48. The Bertz CT molecular complexity index is 458. The highest BCUT2D eigenvalue weighted by Crippen LogP contribution is 2.14. The third-order valence-corrected chi connectivity index (χ3v) is 3.67. The molecular formula is C15H22FN3O. The van der Waals surface area contributed by atoms with Crippen molar-refractivity contribution >= 4 is 5.91 Å². The van der Waals surface area contributed by atoms with Gasteiger partial charge >= 0.3 is 0 Å². The molecule has 1 amide bonds. The highest BCUT2D eigenvalue weighted by Gasteiger charge is 2.24. The molecule has 0 radical (unpaired) electrons. The molecule has 2 rings (SSSR count). The molecule has 5 heteroatoms. The first-order valence-corrected chi connectivity index (χ1v) is 7.23.